The predicted octanol–water partition coefficient (Wildman–Crippen LogP) is 4.80. The number of fused-ring (bicyclic) bond motifs is 2. The minimum absolute atomic E-state index is 0.248. The van der Waals surface area contributed by atoms with Gasteiger partial charge in [-0.25, -0.2) is 0 Å². The Bertz CT molecular complexity index is 933. The molecule has 1 atom stereocenters. The van der Waals surface area contributed by atoms with Crippen molar-refractivity contribution in [2.24, 2.45) is 0 Å². The number of rotatable bonds is 7. The third-order valence-corrected chi connectivity index (χ3v) is 5.85. The van der Waals surface area contributed by atoms with Gasteiger partial charge in [0.25, 0.3) is 0 Å². The van der Waals surface area contributed by atoms with Crippen LogP contribution < -0.4 is 10.1 Å². The minimum Gasteiger partial charge on any atom is -0.492 e. The highest BCUT2D eigenvalue weighted by atomic mass is 16.5. The second-order valence-corrected chi connectivity index (χ2v) is 7.48. The van der Waals surface area contributed by atoms with E-state index in [-0.39, 0.29) is 6.04 Å². The van der Waals surface area contributed by atoms with Crippen LogP contribution in [0, 0.1) is 0 Å². The Kier molecular flexibility index (Phi) is 5.94. The average Bonchev–Trinajstić information content (AvgIpc) is 2.76. The van der Waals surface area contributed by atoms with Gasteiger partial charge in [-0.2, -0.15) is 0 Å². The number of likely N-dealkylation sites (N-methyl/N-ethyl adjacent to an activating group) is 1. The van der Waals surface area contributed by atoms with Crippen molar-refractivity contribution in [1.29, 1.82) is 0 Å². The Balaban J connectivity index is 1.52. The highest BCUT2D eigenvalue weighted by Crippen LogP contribution is 2.32. The molecule has 28 heavy (non-hydrogen) atoms. The van der Waals surface area contributed by atoms with Gasteiger partial charge < -0.3 is 15.0 Å². The highest BCUT2D eigenvalue weighted by molar-refractivity contribution is 5.83. The molecule has 0 saturated carbocycles. The lowest BCUT2D eigenvalue weighted by molar-refractivity contribution is 0.222. The summed E-state index contributed by atoms with van der Waals surface area (Å²) < 4.78 is 6.04. The van der Waals surface area contributed by atoms with Gasteiger partial charge in [0.1, 0.15) is 12.4 Å². The van der Waals surface area contributed by atoms with E-state index in [0.29, 0.717) is 0 Å². The third-order valence-electron chi connectivity index (χ3n) is 5.85. The third kappa shape index (κ3) is 4.06. The first kappa shape index (κ1) is 19.0. The minimum atomic E-state index is 0.248. The van der Waals surface area contributed by atoms with Crippen LogP contribution in [0.1, 0.15) is 36.6 Å². The van der Waals surface area contributed by atoms with Gasteiger partial charge in [-0.15, -0.1) is 0 Å². The number of ether oxygens (including phenoxy) is 1. The van der Waals surface area contributed by atoms with E-state index in [1.807, 2.05) is 0 Å². The van der Waals surface area contributed by atoms with Crippen LogP contribution in [-0.2, 0) is 6.42 Å². The molecule has 0 amide bonds. The van der Waals surface area contributed by atoms with Gasteiger partial charge in [-0.3, -0.25) is 0 Å². The zero-order valence-electron chi connectivity index (χ0n) is 16.9. The van der Waals surface area contributed by atoms with E-state index in [0.717, 1.165) is 45.0 Å². The first-order chi connectivity index (χ1) is 13.8. The second kappa shape index (κ2) is 8.76. The lowest BCUT2D eigenvalue weighted by Crippen LogP contribution is -2.30. The Morgan fingerprint density at radius 3 is 2.61 bits per heavy atom. The molecular weight excluding hydrogens is 344 g/mol. The van der Waals surface area contributed by atoms with Gasteiger partial charge in [0.05, 0.1) is 6.04 Å². The van der Waals surface area contributed by atoms with Gasteiger partial charge in [-0.05, 0) is 65.2 Å². The monoisotopic (exact) mass is 374 g/mol. The van der Waals surface area contributed by atoms with E-state index < -0.39 is 0 Å². The fourth-order valence-corrected chi connectivity index (χ4v) is 4.15. The zero-order chi connectivity index (χ0) is 19.3. The fourth-order valence-electron chi connectivity index (χ4n) is 4.15. The lowest BCUT2D eigenvalue weighted by atomic mass is 9.89. The Morgan fingerprint density at radius 1 is 0.964 bits per heavy atom. The normalized spacial score (nSPS) is 16.3. The number of benzene rings is 3. The maximum Gasteiger partial charge on any atom is 0.119 e. The van der Waals surface area contributed by atoms with Crippen molar-refractivity contribution in [1.82, 2.24) is 10.2 Å². The average molecular weight is 375 g/mol. The van der Waals surface area contributed by atoms with Gasteiger partial charge in [0, 0.05) is 13.1 Å². The molecule has 0 radical (unpaired) electrons. The molecule has 1 unspecified atom stereocenters. The molecule has 0 fully saturated rings. The number of nitrogens with one attached hydrogen (secondary N) is 1. The van der Waals surface area contributed by atoms with Gasteiger partial charge in [-0.1, -0.05) is 56.3 Å². The summed E-state index contributed by atoms with van der Waals surface area (Å²) in [5, 5.41) is 6.29. The van der Waals surface area contributed by atoms with Crippen molar-refractivity contribution < 1.29 is 4.74 Å². The highest BCUT2D eigenvalue weighted by Gasteiger charge is 2.22. The molecule has 1 N–H and O–H groups in total. The summed E-state index contributed by atoms with van der Waals surface area (Å²) in [6, 6.07) is 22.2. The van der Waals surface area contributed by atoms with Crippen molar-refractivity contribution in [2.75, 3.05) is 32.8 Å². The maximum atomic E-state index is 6.04. The van der Waals surface area contributed by atoms with Crippen LogP contribution in [0.25, 0.3) is 10.8 Å². The fraction of sp³-hybridized carbons (Fsp3) is 0.360. The molecule has 0 saturated heterocycles. The summed E-state index contributed by atoms with van der Waals surface area (Å²) in [6.07, 6.45) is 1.05. The van der Waals surface area contributed by atoms with E-state index in [4.69, 9.17) is 4.74 Å². The van der Waals surface area contributed by atoms with Gasteiger partial charge in [0.15, 0.2) is 0 Å². The molecule has 4 rings (SSSR count). The van der Waals surface area contributed by atoms with E-state index in [2.05, 4.69) is 84.7 Å². The zero-order valence-corrected chi connectivity index (χ0v) is 16.9. The number of hydrogen-bond donors (Lipinski definition) is 1. The van der Waals surface area contributed by atoms with Crippen molar-refractivity contribution in [3.05, 3.63) is 77.4 Å². The van der Waals surface area contributed by atoms with Crippen LogP contribution in [-0.4, -0.2) is 37.7 Å². The van der Waals surface area contributed by atoms with E-state index >= 15 is 0 Å². The molecule has 1 aliphatic rings. The summed E-state index contributed by atoms with van der Waals surface area (Å²) in [5.74, 6) is 0.991. The Hall–Kier alpha value is -2.36. The molecule has 0 spiro atoms. The summed E-state index contributed by atoms with van der Waals surface area (Å²) in [6.45, 7) is 9.25. The molecule has 0 aromatic heterocycles. The summed E-state index contributed by atoms with van der Waals surface area (Å²) in [7, 11) is 0. The largest absolute Gasteiger partial charge is 0.492 e. The summed E-state index contributed by atoms with van der Waals surface area (Å²) >= 11 is 0. The second-order valence-electron chi connectivity index (χ2n) is 7.48. The van der Waals surface area contributed by atoms with Gasteiger partial charge in [0.2, 0.25) is 0 Å². The number of nitrogens with zero attached hydrogens (tertiary/aromatic N) is 1. The quantitative estimate of drug-likeness (QED) is 0.643. The summed E-state index contributed by atoms with van der Waals surface area (Å²) in [5.41, 5.74) is 4.10. The topological polar surface area (TPSA) is 24.5 Å². The standard InChI is InChI=1S/C25H30N2O/c1-3-27(4-2)15-16-28-23-11-12-24-21(18-23)13-14-26-25(24)22-10-9-19-7-5-6-8-20(19)17-22/h5-12,17-18,25-26H,3-4,13-16H2,1-2H3. The maximum absolute atomic E-state index is 6.04. The summed E-state index contributed by atoms with van der Waals surface area (Å²) in [4.78, 5) is 2.39. The predicted molar refractivity (Wildman–Crippen MR) is 117 cm³/mol. The lowest BCUT2D eigenvalue weighted by Gasteiger charge is -2.28. The van der Waals surface area contributed by atoms with Crippen molar-refractivity contribution in [2.45, 2.75) is 26.3 Å². The molecule has 3 aromatic rings. The molecule has 0 aliphatic carbocycles. The Labute approximate surface area is 168 Å². The molecule has 3 heteroatoms. The first-order valence-electron chi connectivity index (χ1n) is 10.5. The molecular formula is C25H30N2O. The molecule has 1 heterocycles. The van der Waals surface area contributed by atoms with Crippen molar-refractivity contribution in [3.8, 4) is 5.75 Å². The molecule has 3 nitrogen and oxygen atoms in total. The van der Waals surface area contributed by atoms with Gasteiger partial charge >= 0.3 is 0 Å². The smallest absolute Gasteiger partial charge is 0.119 e. The van der Waals surface area contributed by atoms with E-state index in [1.165, 1.54) is 27.5 Å². The van der Waals surface area contributed by atoms with Crippen LogP contribution in [0.2, 0.25) is 0 Å². The SMILES string of the molecule is CCN(CC)CCOc1ccc2c(c1)CCNC2c1ccc2ccccc2c1. The van der Waals surface area contributed by atoms with Crippen LogP contribution in [0.4, 0.5) is 0 Å². The van der Waals surface area contributed by atoms with Crippen molar-refractivity contribution >= 4 is 10.8 Å². The Morgan fingerprint density at radius 2 is 1.79 bits per heavy atom. The van der Waals surface area contributed by atoms with E-state index in [9.17, 15) is 0 Å². The molecule has 146 valence electrons. The number of hydrogen-bond acceptors (Lipinski definition) is 3. The molecule has 0 bridgehead atoms. The first-order valence-corrected chi connectivity index (χ1v) is 10.5. The van der Waals surface area contributed by atoms with Crippen LogP contribution in [0.5, 0.6) is 5.75 Å². The van der Waals surface area contributed by atoms with Crippen LogP contribution in [0.15, 0.2) is 60.7 Å². The van der Waals surface area contributed by atoms with E-state index in [1.54, 1.807) is 0 Å². The van der Waals surface area contributed by atoms with Crippen molar-refractivity contribution in [3.63, 3.8) is 0 Å². The van der Waals surface area contributed by atoms with Crippen LogP contribution in [0.3, 0.4) is 0 Å². The van der Waals surface area contributed by atoms with Crippen LogP contribution >= 0.6 is 0 Å². The molecule has 3 aromatic carbocycles. The molecule has 1 aliphatic heterocycles.